The van der Waals surface area contributed by atoms with E-state index in [9.17, 15) is 9.18 Å². The Morgan fingerprint density at radius 2 is 1.70 bits per heavy atom. The van der Waals surface area contributed by atoms with Crippen LogP contribution in [0.2, 0.25) is 0 Å². The number of ether oxygens (including phenoxy) is 2. The summed E-state index contributed by atoms with van der Waals surface area (Å²) in [5.74, 6) is 0.311. The monoisotopic (exact) mass is 723 g/mol. The van der Waals surface area contributed by atoms with Crippen molar-refractivity contribution in [1.82, 2.24) is 10.9 Å². The first-order chi connectivity index (χ1) is 21.4. The normalized spacial score (nSPS) is 17.5. The number of carbonyl (C=O) groups is 1. The van der Waals surface area contributed by atoms with E-state index in [4.69, 9.17) is 19.6 Å². The molecule has 1 amide bonds. The van der Waals surface area contributed by atoms with Crippen LogP contribution in [0.1, 0.15) is 34.8 Å². The zero-order valence-electron chi connectivity index (χ0n) is 23.8. The van der Waals surface area contributed by atoms with Crippen molar-refractivity contribution in [2.45, 2.75) is 30.9 Å². The molecule has 0 aliphatic carbocycles. The molecular formula is C34H32Br2FN3O4. The van der Waals surface area contributed by atoms with E-state index in [1.165, 1.54) is 6.07 Å². The number of nitrogens with one attached hydrogen (secondary N) is 2. The molecule has 1 aliphatic rings. The summed E-state index contributed by atoms with van der Waals surface area (Å²) in [5, 5.41) is 9.04. The topological polar surface area (TPSA) is 92.2 Å². The first-order valence-electron chi connectivity index (χ1n) is 14.3. The van der Waals surface area contributed by atoms with Crippen molar-refractivity contribution in [3.63, 3.8) is 0 Å². The smallest absolute Gasteiger partial charge is 0.266 e. The van der Waals surface area contributed by atoms with Gasteiger partial charge in [-0.15, -0.1) is 0 Å². The van der Waals surface area contributed by atoms with Gasteiger partial charge in [-0.3, -0.25) is 10.2 Å². The minimum atomic E-state index is -1.39. The number of benzene rings is 4. The molecule has 5 rings (SSSR count). The van der Waals surface area contributed by atoms with Gasteiger partial charge in [-0.2, -0.15) is 0 Å². The molecule has 0 saturated heterocycles. The Bertz CT molecular complexity index is 1600. The molecule has 10 heteroatoms. The summed E-state index contributed by atoms with van der Waals surface area (Å²) in [6.45, 7) is 0.771. The highest BCUT2D eigenvalue weighted by atomic mass is 79.9. The lowest BCUT2D eigenvalue weighted by Crippen LogP contribution is -2.54. The fourth-order valence-electron chi connectivity index (χ4n) is 5.01. The molecule has 1 aliphatic heterocycles. The fraction of sp³-hybridized carbons (Fsp3) is 0.235. The van der Waals surface area contributed by atoms with Crippen LogP contribution >= 0.6 is 31.9 Å². The van der Waals surface area contributed by atoms with Gasteiger partial charge >= 0.3 is 0 Å². The van der Waals surface area contributed by atoms with Crippen molar-refractivity contribution in [3.8, 4) is 5.75 Å². The van der Waals surface area contributed by atoms with Crippen molar-refractivity contribution < 1.29 is 23.8 Å². The Morgan fingerprint density at radius 1 is 0.977 bits per heavy atom. The van der Waals surface area contributed by atoms with Gasteiger partial charge in [0.1, 0.15) is 11.6 Å². The van der Waals surface area contributed by atoms with Crippen LogP contribution in [0, 0.1) is 5.82 Å². The molecule has 1 heterocycles. The van der Waals surface area contributed by atoms with Crippen LogP contribution in [0.25, 0.3) is 0 Å². The predicted molar refractivity (Wildman–Crippen MR) is 175 cm³/mol. The van der Waals surface area contributed by atoms with Crippen LogP contribution in [0.5, 0.6) is 5.75 Å². The van der Waals surface area contributed by atoms with E-state index in [0.717, 1.165) is 20.1 Å². The molecule has 4 aromatic rings. The molecule has 44 heavy (non-hydrogen) atoms. The van der Waals surface area contributed by atoms with E-state index < -0.39 is 11.6 Å². The molecule has 4 aromatic carbocycles. The standard InChI is InChI=1S/C34H32Br2FN3O4/c35-26-14-10-23(11-15-26)22-34(33(42)40-38-19-18-24-6-1-4-9-30(24)37)31(28-7-2-3-8-29(28)36)44-32(39-34)25-12-16-27(17-13-25)43-21-5-20-41/h1-4,6-17,31,38,41H,5,18-22H2,(H,40,42)/t31-,34-/m0/s1. The highest BCUT2D eigenvalue weighted by Gasteiger charge is 2.53. The quantitative estimate of drug-likeness (QED) is 0.109. The summed E-state index contributed by atoms with van der Waals surface area (Å²) < 4.78 is 28.1. The Morgan fingerprint density at radius 3 is 2.43 bits per heavy atom. The lowest BCUT2D eigenvalue weighted by molar-refractivity contribution is -0.130. The Hall–Kier alpha value is -3.57. The number of amides is 1. The van der Waals surface area contributed by atoms with E-state index in [2.05, 4.69) is 42.7 Å². The Balaban J connectivity index is 1.48. The van der Waals surface area contributed by atoms with Gasteiger partial charge in [-0.25, -0.2) is 14.8 Å². The first kappa shape index (κ1) is 31.8. The van der Waals surface area contributed by atoms with Crippen LogP contribution < -0.4 is 15.6 Å². The van der Waals surface area contributed by atoms with E-state index >= 15 is 0 Å². The molecule has 0 bridgehead atoms. The third-order valence-corrected chi connectivity index (χ3v) is 8.53. The summed E-state index contributed by atoms with van der Waals surface area (Å²) in [5.41, 5.74) is 7.36. The van der Waals surface area contributed by atoms with Gasteiger partial charge in [-0.05, 0) is 66.1 Å². The molecule has 7 nitrogen and oxygen atoms in total. The van der Waals surface area contributed by atoms with Crippen molar-refractivity contribution in [2.75, 3.05) is 19.8 Å². The summed E-state index contributed by atoms with van der Waals surface area (Å²) >= 11 is 7.15. The largest absolute Gasteiger partial charge is 0.494 e. The molecule has 228 valence electrons. The van der Waals surface area contributed by atoms with Gasteiger partial charge in [0.15, 0.2) is 11.6 Å². The minimum Gasteiger partial charge on any atom is -0.494 e. The minimum absolute atomic E-state index is 0.0552. The van der Waals surface area contributed by atoms with Crippen LogP contribution in [-0.4, -0.2) is 42.2 Å². The third kappa shape index (κ3) is 7.55. The van der Waals surface area contributed by atoms with Gasteiger partial charge in [0.2, 0.25) is 5.90 Å². The Labute approximate surface area is 272 Å². The lowest BCUT2D eigenvalue weighted by atomic mass is 9.82. The Kier molecular flexibility index (Phi) is 10.8. The number of aliphatic imine (C=N–C) groups is 1. The second-order valence-electron chi connectivity index (χ2n) is 10.3. The average molecular weight is 725 g/mol. The molecule has 0 spiro atoms. The maximum atomic E-state index is 14.3. The van der Waals surface area contributed by atoms with Crippen LogP contribution in [-0.2, 0) is 22.4 Å². The molecule has 3 N–H and O–H groups in total. The van der Waals surface area contributed by atoms with Crippen molar-refractivity contribution in [1.29, 1.82) is 0 Å². The molecule has 0 aromatic heterocycles. The van der Waals surface area contributed by atoms with Gasteiger partial charge in [-0.1, -0.05) is 80.4 Å². The van der Waals surface area contributed by atoms with Gasteiger partial charge in [0.25, 0.3) is 5.91 Å². The summed E-state index contributed by atoms with van der Waals surface area (Å²) in [6, 6.07) is 29.3. The average Bonchev–Trinajstić information content (AvgIpc) is 3.42. The number of aliphatic hydroxyl groups excluding tert-OH is 1. The number of halogens is 3. The first-order valence-corrected chi connectivity index (χ1v) is 15.8. The second-order valence-corrected chi connectivity index (χ2v) is 12.1. The number of hydrogen-bond donors (Lipinski definition) is 3. The van der Waals surface area contributed by atoms with Crippen molar-refractivity contribution in [3.05, 3.63) is 134 Å². The van der Waals surface area contributed by atoms with Gasteiger partial charge in [0, 0.05) is 46.1 Å². The number of rotatable bonds is 13. The van der Waals surface area contributed by atoms with Crippen LogP contribution in [0.15, 0.2) is 111 Å². The maximum absolute atomic E-state index is 14.3. The SMILES string of the molecule is O=C(NNCCc1ccccc1F)[C@@]1(Cc2ccc(Br)cc2)N=C(c2ccc(OCCCO)cc2)O[C@H]1c1ccccc1Br. The van der Waals surface area contributed by atoms with E-state index in [-0.39, 0.29) is 24.8 Å². The number of hydrogen-bond acceptors (Lipinski definition) is 6. The molecule has 0 radical (unpaired) electrons. The summed E-state index contributed by atoms with van der Waals surface area (Å²) in [4.78, 5) is 19.3. The molecule has 0 unspecified atom stereocenters. The molecule has 2 atom stereocenters. The van der Waals surface area contributed by atoms with Gasteiger partial charge < -0.3 is 14.6 Å². The predicted octanol–water partition coefficient (Wildman–Crippen LogP) is 6.48. The molecule has 0 saturated carbocycles. The lowest BCUT2D eigenvalue weighted by Gasteiger charge is -2.31. The van der Waals surface area contributed by atoms with E-state index in [1.54, 1.807) is 18.2 Å². The third-order valence-electron chi connectivity index (χ3n) is 7.28. The zero-order chi connectivity index (χ0) is 30.9. The highest BCUT2D eigenvalue weighted by molar-refractivity contribution is 9.10. The number of nitrogens with zero attached hydrogens (tertiary/aromatic N) is 1. The molecular weight excluding hydrogens is 693 g/mol. The number of hydrazine groups is 1. The summed E-state index contributed by atoms with van der Waals surface area (Å²) in [7, 11) is 0. The van der Waals surface area contributed by atoms with Gasteiger partial charge in [0.05, 0.1) is 6.61 Å². The maximum Gasteiger partial charge on any atom is 0.266 e. The zero-order valence-corrected chi connectivity index (χ0v) is 27.0. The fourth-order valence-corrected chi connectivity index (χ4v) is 5.77. The second kappa shape index (κ2) is 14.9. The summed E-state index contributed by atoms with van der Waals surface area (Å²) in [6.07, 6.45) is 0.398. The number of aliphatic hydroxyl groups is 1. The highest BCUT2D eigenvalue weighted by Crippen LogP contribution is 2.44. The van der Waals surface area contributed by atoms with Crippen molar-refractivity contribution in [2.24, 2.45) is 4.99 Å². The van der Waals surface area contributed by atoms with Crippen LogP contribution in [0.3, 0.4) is 0 Å². The van der Waals surface area contributed by atoms with E-state index in [0.29, 0.717) is 48.8 Å². The van der Waals surface area contributed by atoms with Crippen molar-refractivity contribution >= 4 is 43.7 Å². The number of carbonyl (C=O) groups excluding carboxylic acids is 1. The molecule has 0 fully saturated rings. The van der Waals surface area contributed by atoms with Crippen LogP contribution in [0.4, 0.5) is 4.39 Å². The van der Waals surface area contributed by atoms with E-state index in [1.807, 2.05) is 72.8 Å².